The van der Waals surface area contributed by atoms with Crippen molar-refractivity contribution in [1.82, 2.24) is 0 Å². The first kappa shape index (κ1) is 10.5. The lowest BCUT2D eigenvalue weighted by Crippen LogP contribution is -2.41. The smallest absolute Gasteiger partial charge is 0.0668 e. The zero-order valence-electron chi connectivity index (χ0n) is 9.89. The number of hydrogen-bond donors (Lipinski definition) is 1. The van der Waals surface area contributed by atoms with Gasteiger partial charge in [0.05, 0.1) is 5.54 Å². The SMILES string of the molecule is NC1(c2ccccc2)CCCc2ccccc21. The van der Waals surface area contributed by atoms with Gasteiger partial charge in [0, 0.05) is 0 Å². The number of rotatable bonds is 1. The third-order valence-electron chi connectivity index (χ3n) is 3.80. The average Bonchev–Trinajstić information content (AvgIpc) is 2.40. The minimum Gasteiger partial charge on any atom is -0.318 e. The van der Waals surface area contributed by atoms with Crippen LogP contribution in [0.1, 0.15) is 29.5 Å². The molecule has 86 valence electrons. The van der Waals surface area contributed by atoms with E-state index >= 15 is 0 Å². The van der Waals surface area contributed by atoms with Crippen LogP contribution in [0.3, 0.4) is 0 Å². The molecule has 17 heavy (non-hydrogen) atoms. The molecule has 1 atom stereocenters. The molecule has 0 saturated carbocycles. The normalized spacial score (nSPS) is 23.1. The largest absolute Gasteiger partial charge is 0.318 e. The maximum absolute atomic E-state index is 6.69. The van der Waals surface area contributed by atoms with E-state index < -0.39 is 0 Å². The highest BCUT2D eigenvalue weighted by atomic mass is 14.8. The first-order chi connectivity index (χ1) is 8.31. The van der Waals surface area contributed by atoms with Crippen LogP contribution < -0.4 is 5.73 Å². The van der Waals surface area contributed by atoms with Gasteiger partial charge in [0.25, 0.3) is 0 Å². The average molecular weight is 223 g/mol. The Bertz CT molecular complexity index is 518. The summed E-state index contributed by atoms with van der Waals surface area (Å²) in [5.74, 6) is 0. The minimum atomic E-state index is -0.296. The Balaban J connectivity index is 2.16. The van der Waals surface area contributed by atoms with Crippen LogP contribution in [0, 0.1) is 0 Å². The first-order valence-electron chi connectivity index (χ1n) is 6.23. The van der Waals surface area contributed by atoms with Gasteiger partial charge >= 0.3 is 0 Å². The van der Waals surface area contributed by atoms with E-state index in [1.165, 1.54) is 23.1 Å². The molecule has 2 aromatic rings. The summed E-state index contributed by atoms with van der Waals surface area (Å²) in [6.07, 6.45) is 3.36. The molecular weight excluding hydrogens is 206 g/mol. The van der Waals surface area contributed by atoms with Crippen LogP contribution in [-0.2, 0) is 12.0 Å². The lowest BCUT2D eigenvalue weighted by Gasteiger charge is -2.36. The number of fused-ring (bicyclic) bond motifs is 1. The Morgan fingerprint density at radius 2 is 1.59 bits per heavy atom. The molecule has 0 spiro atoms. The predicted octanol–water partition coefficient (Wildman–Crippen LogP) is 3.23. The Labute approximate surface area is 102 Å². The molecule has 0 aromatic heterocycles. The van der Waals surface area contributed by atoms with Crippen LogP contribution in [0.5, 0.6) is 0 Å². The Morgan fingerprint density at radius 1 is 0.882 bits per heavy atom. The number of nitrogens with two attached hydrogens (primary N) is 1. The highest BCUT2D eigenvalue weighted by Gasteiger charge is 2.33. The first-order valence-corrected chi connectivity index (χ1v) is 6.23. The number of hydrogen-bond acceptors (Lipinski definition) is 1. The van der Waals surface area contributed by atoms with Gasteiger partial charge in [0.2, 0.25) is 0 Å². The van der Waals surface area contributed by atoms with Crippen molar-refractivity contribution < 1.29 is 0 Å². The summed E-state index contributed by atoms with van der Waals surface area (Å²) in [5.41, 5.74) is 10.3. The molecule has 3 rings (SSSR count). The molecule has 1 aliphatic carbocycles. The van der Waals surface area contributed by atoms with Gasteiger partial charge < -0.3 is 5.73 Å². The number of aryl methyl sites for hydroxylation is 1. The number of benzene rings is 2. The van der Waals surface area contributed by atoms with Crippen molar-refractivity contribution in [3.05, 3.63) is 71.3 Å². The molecule has 0 heterocycles. The van der Waals surface area contributed by atoms with Crippen LogP contribution in [0.15, 0.2) is 54.6 Å². The van der Waals surface area contributed by atoms with Crippen molar-refractivity contribution in [2.45, 2.75) is 24.8 Å². The molecule has 0 fully saturated rings. The van der Waals surface area contributed by atoms with Crippen LogP contribution >= 0.6 is 0 Å². The van der Waals surface area contributed by atoms with Gasteiger partial charge in [-0.3, -0.25) is 0 Å². The third kappa shape index (κ3) is 1.67. The molecular formula is C16H17N. The van der Waals surface area contributed by atoms with E-state index in [9.17, 15) is 0 Å². The fourth-order valence-electron chi connectivity index (χ4n) is 2.90. The minimum absolute atomic E-state index is 0.296. The maximum atomic E-state index is 6.69. The molecule has 0 saturated heterocycles. The van der Waals surface area contributed by atoms with Crippen molar-refractivity contribution >= 4 is 0 Å². The zero-order chi connectivity index (χ0) is 11.7. The van der Waals surface area contributed by atoms with Gasteiger partial charge in [-0.15, -0.1) is 0 Å². The molecule has 1 heteroatoms. The molecule has 1 nitrogen and oxygen atoms in total. The Hall–Kier alpha value is -1.60. The molecule has 1 unspecified atom stereocenters. The van der Waals surface area contributed by atoms with Gasteiger partial charge in [-0.2, -0.15) is 0 Å². The Morgan fingerprint density at radius 3 is 2.41 bits per heavy atom. The van der Waals surface area contributed by atoms with E-state index in [2.05, 4.69) is 48.5 Å². The molecule has 0 radical (unpaired) electrons. The lowest BCUT2D eigenvalue weighted by atomic mass is 9.73. The molecule has 1 aliphatic rings. The second-order valence-corrected chi connectivity index (χ2v) is 4.85. The fourth-order valence-corrected chi connectivity index (χ4v) is 2.90. The topological polar surface area (TPSA) is 26.0 Å². The summed E-state index contributed by atoms with van der Waals surface area (Å²) >= 11 is 0. The summed E-state index contributed by atoms with van der Waals surface area (Å²) < 4.78 is 0. The predicted molar refractivity (Wildman–Crippen MR) is 70.8 cm³/mol. The standard InChI is InChI=1S/C16H17N/c17-16(14-9-2-1-3-10-14)12-6-8-13-7-4-5-11-15(13)16/h1-5,7,9-11H,6,8,12,17H2. The monoisotopic (exact) mass is 223 g/mol. The maximum Gasteiger partial charge on any atom is 0.0668 e. The lowest BCUT2D eigenvalue weighted by molar-refractivity contribution is 0.443. The van der Waals surface area contributed by atoms with E-state index in [4.69, 9.17) is 5.73 Å². The zero-order valence-corrected chi connectivity index (χ0v) is 9.89. The Kier molecular flexibility index (Phi) is 2.49. The highest BCUT2D eigenvalue weighted by molar-refractivity contribution is 5.44. The van der Waals surface area contributed by atoms with Gasteiger partial charge in [0.1, 0.15) is 0 Å². The summed E-state index contributed by atoms with van der Waals surface area (Å²) in [7, 11) is 0. The van der Waals surface area contributed by atoms with Gasteiger partial charge in [-0.25, -0.2) is 0 Å². The van der Waals surface area contributed by atoms with Gasteiger partial charge in [-0.05, 0) is 36.0 Å². The van der Waals surface area contributed by atoms with E-state index in [0.29, 0.717) is 0 Å². The van der Waals surface area contributed by atoms with Crippen molar-refractivity contribution in [3.8, 4) is 0 Å². The summed E-state index contributed by atoms with van der Waals surface area (Å²) in [6, 6.07) is 19.1. The van der Waals surface area contributed by atoms with Crippen LogP contribution in [0.4, 0.5) is 0 Å². The van der Waals surface area contributed by atoms with E-state index in [1.807, 2.05) is 6.07 Å². The fraction of sp³-hybridized carbons (Fsp3) is 0.250. The highest BCUT2D eigenvalue weighted by Crippen LogP contribution is 2.38. The van der Waals surface area contributed by atoms with Crippen molar-refractivity contribution in [2.75, 3.05) is 0 Å². The van der Waals surface area contributed by atoms with Crippen molar-refractivity contribution in [3.63, 3.8) is 0 Å². The van der Waals surface area contributed by atoms with Crippen LogP contribution in [-0.4, -0.2) is 0 Å². The molecule has 0 bridgehead atoms. The van der Waals surface area contributed by atoms with Crippen molar-refractivity contribution in [1.29, 1.82) is 0 Å². The van der Waals surface area contributed by atoms with E-state index in [0.717, 1.165) is 12.8 Å². The van der Waals surface area contributed by atoms with E-state index in [1.54, 1.807) is 0 Å². The molecule has 0 aliphatic heterocycles. The van der Waals surface area contributed by atoms with Crippen molar-refractivity contribution in [2.24, 2.45) is 5.73 Å². The molecule has 2 N–H and O–H groups in total. The third-order valence-corrected chi connectivity index (χ3v) is 3.80. The second-order valence-electron chi connectivity index (χ2n) is 4.85. The second kappa shape index (κ2) is 4.01. The molecule has 2 aromatic carbocycles. The van der Waals surface area contributed by atoms with Gasteiger partial charge in [-0.1, -0.05) is 54.6 Å². The van der Waals surface area contributed by atoms with E-state index in [-0.39, 0.29) is 5.54 Å². The quantitative estimate of drug-likeness (QED) is 0.789. The van der Waals surface area contributed by atoms with Gasteiger partial charge in [0.15, 0.2) is 0 Å². The summed E-state index contributed by atoms with van der Waals surface area (Å²) in [6.45, 7) is 0. The van der Waals surface area contributed by atoms with Crippen LogP contribution in [0.25, 0.3) is 0 Å². The van der Waals surface area contributed by atoms with Crippen LogP contribution in [0.2, 0.25) is 0 Å². The summed E-state index contributed by atoms with van der Waals surface area (Å²) in [4.78, 5) is 0. The molecule has 0 amide bonds. The summed E-state index contributed by atoms with van der Waals surface area (Å²) in [5, 5.41) is 0.